The molecule has 0 aliphatic carbocycles. The number of carbonyl (C=O) groups is 1. The molecular formula is C14H19NO2. The molecule has 0 aromatic heterocycles. The lowest BCUT2D eigenvalue weighted by Crippen LogP contribution is -2.24. The van der Waals surface area contributed by atoms with E-state index in [4.69, 9.17) is 4.74 Å². The molecule has 1 atom stereocenters. The second-order valence-corrected chi connectivity index (χ2v) is 4.67. The van der Waals surface area contributed by atoms with Gasteiger partial charge in [-0.05, 0) is 37.5 Å². The van der Waals surface area contributed by atoms with Crippen LogP contribution in [-0.4, -0.2) is 26.2 Å². The molecule has 1 unspecified atom stereocenters. The van der Waals surface area contributed by atoms with Crippen LogP contribution in [-0.2, 0) is 9.53 Å². The Morgan fingerprint density at radius 2 is 2.18 bits per heavy atom. The first kappa shape index (κ1) is 12.0. The summed E-state index contributed by atoms with van der Waals surface area (Å²) >= 11 is 0. The van der Waals surface area contributed by atoms with Crippen molar-refractivity contribution in [3.8, 4) is 0 Å². The van der Waals surface area contributed by atoms with Crippen molar-refractivity contribution in [3.63, 3.8) is 0 Å². The molecule has 17 heavy (non-hydrogen) atoms. The van der Waals surface area contributed by atoms with Crippen molar-refractivity contribution < 1.29 is 9.53 Å². The maximum Gasteiger partial charge on any atom is 0.310 e. The monoisotopic (exact) mass is 233 g/mol. The van der Waals surface area contributed by atoms with Crippen molar-refractivity contribution in [2.24, 2.45) is 5.92 Å². The minimum Gasteiger partial charge on any atom is -0.469 e. The molecule has 0 N–H and O–H groups in total. The van der Waals surface area contributed by atoms with E-state index in [1.54, 1.807) is 0 Å². The van der Waals surface area contributed by atoms with Crippen LogP contribution in [0.15, 0.2) is 18.2 Å². The average molecular weight is 233 g/mol. The van der Waals surface area contributed by atoms with Gasteiger partial charge in [0.05, 0.1) is 13.0 Å². The molecule has 3 nitrogen and oxygen atoms in total. The minimum atomic E-state index is -0.0854. The number of rotatable bonds is 2. The molecular weight excluding hydrogens is 214 g/mol. The standard InChI is InChI=1S/C14H19NO2/c1-10-5-4-6-13(11(10)2)15-8-7-12(9-15)14(16)17-3/h4-6,12H,7-9H2,1-3H3. The summed E-state index contributed by atoms with van der Waals surface area (Å²) in [6.45, 7) is 5.96. The van der Waals surface area contributed by atoms with Gasteiger partial charge in [-0.1, -0.05) is 12.1 Å². The van der Waals surface area contributed by atoms with Crippen molar-refractivity contribution in [2.75, 3.05) is 25.1 Å². The van der Waals surface area contributed by atoms with E-state index < -0.39 is 0 Å². The number of aryl methyl sites for hydroxylation is 1. The Morgan fingerprint density at radius 1 is 1.41 bits per heavy atom. The first-order chi connectivity index (χ1) is 8.13. The quantitative estimate of drug-likeness (QED) is 0.734. The van der Waals surface area contributed by atoms with Gasteiger partial charge in [-0.3, -0.25) is 4.79 Å². The van der Waals surface area contributed by atoms with Gasteiger partial charge in [0.2, 0.25) is 0 Å². The fourth-order valence-electron chi connectivity index (χ4n) is 2.42. The SMILES string of the molecule is COC(=O)C1CCN(c2cccc(C)c2C)C1. The summed E-state index contributed by atoms with van der Waals surface area (Å²) in [7, 11) is 1.46. The largest absolute Gasteiger partial charge is 0.469 e. The fourth-order valence-corrected chi connectivity index (χ4v) is 2.42. The normalized spacial score (nSPS) is 19.5. The zero-order valence-corrected chi connectivity index (χ0v) is 10.7. The van der Waals surface area contributed by atoms with Gasteiger partial charge in [-0.2, -0.15) is 0 Å². The smallest absolute Gasteiger partial charge is 0.310 e. The second-order valence-electron chi connectivity index (χ2n) is 4.67. The summed E-state index contributed by atoms with van der Waals surface area (Å²) in [6.07, 6.45) is 0.889. The van der Waals surface area contributed by atoms with Gasteiger partial charge < -0.3 is 9.64 Å². The van der Waals surface area contributed by atoms with Crippen LogP contribution in [0.4, 0.5) is 5.69 Å². The Bertz CT molecular complexity index is 428. The van der Waals surface area contributed by atoms with Gasteiger partial charge in [0.15, 0.2) is 0 Å². The van der Waals surface area contributed by atoms with Crippen LogP contribution in [0.1, 0.15) is 17.5 Å². The molecule has 0 radical (unpaired) electrons. The van der Waals surface area contributed by atoms with Crippen molar-refractivity contribution in [2.45, 2.75) is 20.3 Å². The number of benzene rings is 1. The lowest BCUT2D eigenvalue weighted by molar-refractivity contribution is -0.144. The molecule has 1 saturated heterocycles. The third kappa shape index (κ3) is 2.28. The highest BCUT2D eigenvalue weighted by Gasteiger charge is 2.29. The zero-order chi connectivity index (χ0) is 12.4. The summed E-state index contributed by atoms with van der Waals surface area (Å²) in [5.41, 5.74) is 3.85. The Hall–Kier alpha value is -1.51. The predicted molar refractivity (Wildman–Crippen MR) is 68.3 cm³/mol. The van der Waals surface area contributed by atoms with Crippen LogP contribution in [0.25, 0.3) is 0 Å². The highest BCUT2D eigenvalue weighted by Crippen LogP contribution is 2.28. The maximum absolute atomic E-state index is 11.5. The number of hydrogen-bond acceptors (Lipinski definition) is 3. The van der Waals surface area contributed by atoms with Crippen LogP contribution in [0.5, 0.6) is 0 Å². The van der Waals surface area contributed by atoms with Gasteiger partial charge in [0.25, 0.3) is 0 Å². The average Bonchev–Trinajstić information content (AvgIpc) is 2.81. The maximum atomic E-state index is 11.5. The third-order valence-corrected chi connectivity index (χ3v) is 3.64. The van der Waals surface area contributed by atoms with Gasteiger partial charge in [-0.15, -0.1) is 0 Å². The van der Waals surface area contributed by atoms with Crippen LogP contribution in [0.3, 0.4) is 0 Å². The molecule has 92 valence electrons. The van der Waals surface area contributed by atoms with Gasteiger partial charge in [-0.25, -0.2) is 0 Å². The number of hydrogen-bond donors (Lipinski definition) is 0. The molecule has 1 aliphatic rings. The molecule has 0 bridgehead atoms. The Morgan fingerprint density at radius 3 is 2.88 bits per heavy atom. The molecule has 0 spiro atoms. The van der Waals surface area contributed by atoms with Crippen molar-refractivity contribution in [1.29, 1.82) is 0 Å². The van der Waals surface area contributed by atoms with E-state index in [-0.39, 0.29) is 11.9 Å². The van der Waals surface area contributed by atoms with Crippen molar-refractivity contribution in [3.05, 3.63) is 29.3 Å². The Labute approximate surface area is 102 Å². The number of anilines is 1. The Balaban J connectivity index is 2.15. The highest BCUT2D eigenvalue weighted by atomic mass is 16.5. The highest BCUT2D eigenvalue weighted by molar-refractivity contribution is 5.74. The first-order valence-electron chi connectivity index (χ1n) is 6.02. The van der Waals surface area contributed by atoms with Crippen LogP contribution >= 0.6 is 0 Å². The van der Waals surface area contributed by atoms with E-state index in [0.717, 1.165) is 19.5 Å². The molecule has 0 amide bonds. The van der Waals surface area contributed by atoms with Crippen molar-refractivity contribution in [1.82, 2.24) is 0 Å². The minimum absolute atomic E-state index is 0.0277. The number of methoxy groups -OCH3 is 1. The van der Waals surface area contributed by atoms with Crippen molar-refractivity contribution >= 4 is 11.7 Å². The molecule has 2 rings (SSSR count). The van der Waals surface area contributed by atoms with E-state index in [1.807, 2.05) is 0 Å². The van der Waals surface area contributed by atoms with E-state index in [9.17, 15) is 4.79 Å². The summed E-state index contributed by atoms with van der Waals surface area (Å²) in [4.78, 5) is 13.8. The topological polar surface area (TPSA) is 29.5 Å². The van der Waals surface area contributed by atoms with Crippen LogP contribution in [0, 0.1) is 19.8 Å². The summed E-state index contributed by atoms with van der Waals surface area (Å²) < 4.78 is 4.81. The lowest BCUT2D eigenvalue weighted by Gasteiger charge is -2.21. The van der Waals surface area contributed by atoms with Crippen LogP contribution < -0.4 is 4.90 Å². The Kier molecular flexibility index (Phi) is 3.36. The number of carbonyl (C=O) groups excluding carboxylic acids is 1. The predicted octanol–water partition coefficient (Wildman–Crippen LogP) is 2.30. The second kappa shape index (κ2) is 4.78. The summed E-state index contributed by atoms with van der Waals surface area (Å²) in [5, 5.41) is 0. The molecule has 1 aromatic rings. The fraction of sp³-hybridized carbons (Fsp3) is 0.500. The number of esters is 1. The third-order valence-electron chi connectivity index (χ3n) is 3.64. The van der Waals surface area contributed by atoms with E-state index in [0.29, 0.717) is 0 Å². The molecule has 0 saturated carbocycles. The molecule has 1 aliphatic heterocycles. The first-order valence-corrected chi connectivity index (χ1v) is 6.02. The zero-order valence-electron chi connectivity index (χ0n) is 10.7. The van der Waals surface area contributed by atoms with Gasteiger partial charge in [0, 0.05) is 18.8 Å². The molecule has 1 heterocycles. The van der Waals surface area contributed by atoms with Gasteiger partial charge >= 0.3 is 5.97 Å². The van der Waals surface area contributed by atoms with E-state index in [2.05, 4.69) is 36.9 Å². The molecule has 3 heteroatoms. The molecule has 1 fully saturated rings. The lowest BCUT2D eigenvalue weighted by atomic mass is 10.1. The van der Waals surface area contributed by atoms with Gasteiger partial charge in [0.1, 0.15) is 0 Å². The number of ether oxygens (including phenoxy) is 1. The summed E-state index contributed by atoms with van der Waals surface area (Å²) in [6, 6.07) is 6.32. The summed E-state index contributed by atoms with van der Waals surface area (Å²) in [5.74, 6) is -0.0577. The van der Waals surface area contributed by atoms with Crippen LogP contribution in [0.2, 0.25) is 0 Å². The van der Waals surface area contributed by atoms with E-state index in [1.165, 1.54) is 23.9 Å². The number of nitrogens with zero attached hydrogens (tertiary/aromatic N) is 1. The molecule has 1 aromatic carbocycles. The van der Waals surface area contributed by atoms with E-state index >= 15 is 0 Å².